The van der Waals surface area contributed by atoms with Gasteiger partial charge in [-0.2, -0.15) is 0 Å². The topological polar surface area (TPSA) is 9.23 Å². The van der Waals surface area contributed by atoms with Crippen LogP contribution in [0.15, 0.2) is 42.2 Å². The van der Waals surface area contributed by atoms with E-state index in [4.69, 9.17) is 16.3 Å². The number of hydrogen-bond acceptors (Lipinski definition) is 1. The molecule has 0 heterocycles. The fourth-order valence-corrected chi connectivity index (χ4v) is 2.04. The van der Waals surface area contributed by atoms with Crippen LogP contribution in [0.2, 0.25) is 0 Å². The second-order valence-electron chi connectivity index (χ2n) is 5.30. The summed E-state index contributed by atoms with van der Waals surface area (Å²) in [7, 11) is 0. The van der Waals surface area contributed by atoms with Crippen molar-refractivity contribution in [1.82, 2.24) is 0 Å². The molecule has 22 heavy (non-hydrogen) atoms. The van der Waals surface area contributed by atoms with Crippen LogP contribution < -0.4 is 0 Å². The number of alkyl halides is 1. The highest BCUT2D eigenvalue weighted by atomic mass is 35.5. The lowest BCUT2D eigenvalue weighted by atomic mass is 10.1. The summed E-state index contributed by atoms with van der Waals surface area (Å²) in [6.07, 6.45) is 23.7. The Morgan fingerprint density at radius 3 is 2.41 bits per heavy atom. The lowest BCUT2D eigenvalue weighted by molar-refractivity contribution is 0.167. The molecular formula is C20H33ClO. The molecule has 126 valence electrons. The van der Waals surface area contributed by atoms with Gasteiger partial charge in [-0.1, -0.05) is 56.9 Å². The molecule has 0 unspecified atom stereocenters. The first kappa shape index (κ1) is 21.2. The number of rotatable bonds is 15. The molecule has 0 amide bonds. The molecule has 0 rings (SSSR count). The summed E-state index contributed by atoms with van der Waals surface area (Å²) >= 11 is 5.55. The van der Waals surface area contributed by atoms with E-state index >= 15 is 0 Å². The highest BCUT2D eigenvalue weighted by Gasteiger charge is 1.86. The highest BCUT2D eigenvalue weighted by Crippen LogP contribution is 2.05. The minimum atomic E-state index is 0.630. The van der Waals surface area contributed by atoms with Crippen LogP contribution in [0.5, 0.6) is 0 Å². The molecule has 0 aliphatic carbocycles. The second kappa shape index (κ2) is 20.2. The number of halogens is 1. The van der Waals surface area contributed by atoms with Crippen LogP contribution in [-0.4, -0.2) is 19.1 Å². The summed E-state index contributed by atoms with van der Waals surface area (Å²) in [5.74, 6) is 0.653. The van der Waals surface area contributed by atoms with Gasteiger partial charge in [-0.15, -0.1) is 17.3 Å². The van der Waals surface area contributed by atoms with Gasteiger partial charge in [-0.25, -0.2) is 0 Å². The summed E-state index contributed by atoms with van der Waals surface area (Å²) < 4.78 is 5.47. The summed E-state index contributed by atoms with van der Waals surface area (Å²) in [4.78, 5) is 0. The zero-order valence-electron chi connectivity index (χ0n) is 14.2. The maximum absolute atomic E-state index is 5.55. The number of unbranched alkanes of at least 4 members (excludes halogenated alkanes) is 5. The number of hydrogen-bond donors (Lipinski definition) is 0. The van der Waals surface area contributed by atoms with Crippen LogP contribution in [-0.2, 0) is 4.74 Å². The van der Waals surface area contributed by atoms with E-state index in [0.717, 1.165) is 25.9 Å². The van der Waals surface area contributed by atoms with Gasteiger partial charge >= 0.3 is 0 Å². The average molecular weight is 325 g/mol. The quantitative estimate of drug-likeness (QED) is 0.143. The van der Waals surface area contributed by atoms with Crippen molar-refractivity contribution in [3.63, 3.8) is 0 Å². The standard InChI is InChI=1S/C20H33ClO/c1-2-3-4-5-6-7-8-9-10-11-13-16-19-22-20-17-14-12-15-18-21/h8-9,11-13,17H,2-7,10,15-16,18-20H2,1H3/b9-8-,13-11-. The van der Waals surface area contributed by atoms with Crippen LogP contribution >= 0.6 is 11.6 Å². The van der Waals surface area contributed by atoms with Crippen LogP contribution in [0.4, 0.5) is 0 Å². The summed E-state index contributed by atoms with van der Waals surface area (Å²) in [5.41, 5.74) is 3.05. The molecule has 0 saturated heterocycles. The molecule has 0 aromatic heterocycles. The van der Waals surface area contributed by atoms with Gasteiger partial charge in [-0.05, 0) is 44.3 Å². The van der Waals surface area contributed by atoms with E-state index in [9.17, 15) is 0 Å². The van der Waals surface area contributed by atoms with E-state index in [1.807, 2.05) is 12.2 Å². The first-order chi connectivity index (χ1) is 10.9. The highest BCUT2D eigenvalue weighted by molar-refractivity contribution is 6.17. The largest absolute Gasteiger partial charge is 0.376 e. The Morgan fingerprint density at radius 1 is 0.864 bits per heavy atom. The third kappa shape index (κ3) is 19.2. The number of allylic oxidation sites excluding steroid dienone is 3. The van der Waals surface area contributed by atoms with E-state index in [2.05, 4.69) is 37.0 Å². The zero-order chi connectivity index (χ0) is 16.1. The number of ether oxygens (including phenoxy) is 1. The SMILES string of the molecule is CCCCCCC/C=C\C/C=C\CCOCC=C=CCCCl. The molecule has 0 bridgehead atoms. The Bertz CT molecular complexity index is 325. The van der Waals surface area contributed by atoms with E-state index in [0.29, 0.717) is 12.5 Å². The van der Waals surface area contributed by atoms with E-state index in [1.54, 1.807) is 0 Å². The second-order valence-corrected chi connectivity index (χ2v) is 5.68. The molecule has 0 aromatic carbocycles. The fraction of sp³-hybridized carbons (Fsp3) is 0.650. The van der Waals surface area contributed by atoms with Crippen molar-refractivity contribution in [3.05, 3.63) is 42.2 Å². The van der Waals surface area contributed by atoms with Gasteiger partial charge in [0.15, 0.2) is 0 Å². The van der Waals surface area contributed by atoms with Gasteiger partial charge in [0.05, 0.1) is 13.2 Å². The normalized spacial score (nSPS) is 11.2. The van der Waals surface area contributed by atoms with Crippen LogP contribution in [0, 0.1) is 0 Å². The minimum Gasteiger partial charge on any atom is -0.376 e. The fourth-order valence-electron chi connectivity index (χ4n) is 1.94. The van der Waals surface area contributed by atoms with Gasteiger partial charge in [0.2, 0.25) is 0 Å². The molecule has 0 aromatic rings. The van der Waals surface area contributed by atoms with Gasteiger partial charge in [0.1, 0.15) is 0 Å². The minimum absolute atomic E-state index is 0.630. The Labute approximate surface area is 142 Å². The van der Waals surface area contributed by atoms with Gasteiger partial charge in [-0.3, -0.25) is 0 Å². The van der Waals surface area contributed by atoms with Crippen LogP contribution in [0.3, 0.4) is 0 Å². The molecule has 0 saturated carbocycles. The molecule has 0 N–H and O–H groups in total. The first-order valence-corrected chi connectivity index (χ1v) is 9.28. The molecule has 0 spiro atoms. The Balaban J connectivity index is 3.28. The van der Waals surface area contributed by atoms with Gasteiger partial charge in [0, 0.05) is 5.88 Å². The molecule has 0 aliphatic rings. The van der Waals surface area contributed by atoms with E-state index < -0.39 is 0 Å². The predicted octanol–water partition coefficient (Wildman–Crippen LogP) is 6.60. The lowest BCUT2D eigenvalue weighted by Gasteiger charge is -1.96. The maximum Gasteiger partial charge on any atom is 0.0721 e. The van der Waals surface area contributed by atoms with Crippen molar-refractivity contribution in [2.45, 2.75) is 64.7 Å². The molecular weight excluding hydrogens is 292 g/mol. The van der Waals surface area contributed by atoms with E-state index in [1.165, 1.54) is 38.5 Å². The van der Waals surface area contributed by atoms with Crippen molar-refractivity contribution in [2.24, 2.45) is 0 Å². The molecule has 1 nitrogen and oxygen atoms in total. The smallest absolute Gasteiger partial charge is 0.0721 e. The van der Waals surface area contributed by atoms with Crippen molar-refractivity contribution in [3.8, 4) is 0 Å². The third-order valence-corrected chi connectivity index (χ3v) is 3.42. The maximum atomic E-state index is 5.55. The monoisotopic (exact) mass is 324 g/mol. The van der Waals surface area contributed by atoms with Crippen LogP contribution in [0.25, 0.3) is 0 Å². The lowest BCUT2D eigenvalue weighted by Crippen LogP contribution is -1.91. The summed E-state index contributed by atoms with van der Waals surface area (Å²) in [6, 6.07) is 0. The molecule has 2 heteroatoms. The molecule has 0 fully saturated rings. The summed E-state index contributed by atoms with van der Waals surface area (Å²) in [5, 5.41) is 0. The third-order valence-electron chi connectivity index (χ3n) is 3.20. The van der Waals surface area contributed by atoms with Gasteiger partial charge < -0.3 is 4.74 Å². The van der Waals surface area contributed by atoms with Crippen molar-refractivity contribution in [2.75, 3.05) is 19.1 Å². The Kier molecular flexibility index (Phi) is 19.6. The van der Waals surface area contributed by atoms with Crippen molar-refractivity contribution < 1.29 is 4.74 Å². The molecule has 0 aliphatic heterocycles. The van der Waals surface area contributed by atoms with E-state index in [-0.39, 0.29) is 0 Å². The summed E-state index contributed by atoms with van der Waals surface area (Å²) in [6.45, 7) is 3.66. The Hall–Kier alpha value is -0.750. The van der Waals surface area contributed by atoms with Gasteiger partial charge in [0.25, 0.3) is 0 Å². The van der Waals surface area contributed by atoms with Crippen LogP contribution in [0.1, 0.15) is 64.7 Å². The predicted molar refractivity (Wildman–Crippen MR) is 99.7 cm³/mol. The average Bonchev–Trinajstić information content (AvgIpc) is 2.54. The molecule has 0 radical (unpaired) electrons. The van der Waals surface area contributed by atoms with Crippen molar-refractivity contribution in [1.29, 1.82) is 0 Å². The Morgan fingerprint density at radius 2 is 1.64 bits per heavy atom. The zero-order valence-corrected chi connectivity index (χ0v) is 15.0. The molecule has 0 atom stereocenters. The van der Waals surface area contributed by atoms with Crippen molar-refractivity contribution >= 4 is 11.6 Å². The first-order valence-electron chi connectivity index (χ1n) is 8.75.